The Morgan fingerprint density at radius 2 is 1.89 bits per heavy atom. The molecular formula is C25H22F3N7O3. The van der Waals surface area contributed by atoms with Gasteiger partial charge in [-0.1, -0.05) is 18.2 Å². The van der Waals surface area contributed by atoms with Crippen LogP contribution in [0.2, 0.25) is 0 Å². The van der Waals surface area contributed by atoms with Crippen molar-refractivity contribution in [2.75, 3.05) is 5.32 Å². The molecule has 2 amide bonds. The van der Waals surface area contributed by atoms with Crippen molar-refractivity contribution in [2.24, 2.45) is 7.05 Å². The van der Waals surface area contributed by atoms with Crippen molar-refractivity contribution in [3.8, 4) is 22.7 Å². The van der Waals surface area contributed by atoms with Crippen molar-refractivity contribution in [1.29, 1.82) is 0 Å². The van der Waals surface area contributed by atoms with Crippen LogP contribution in [0.1, 0.15) is 34.9 Å². The minimum atomic E-state index is -4.92. The maximum absolute atomic E-state index is 13.3. The van der Waals surface area contributed by atoms with Gasteiger partial charge in [-0.3, -0.25) is 19.7 Å². The van der Waals surface area contributed by atoms with Gasteiger partial charge in [0.25, 0.3) is 5.91 Å². The van der Waals surface area contributed by atoms with E-state index >= 15 is 0 Å². The van der Waals surface area contributed by atoms with Gasteiger partial charge in [0.05, 0.1) is 23.1 Å². The van der Waals surface area contributed by atoms with Crippen molar-refractivity contribution in [2.45, 2.75) is 25.2 Å². The highest BCUT2D eigenvalue weighted by Gasteiger charge is 2.33. The Kier molecular flexibility index (Phi) is 6.59. The zero-order valence-electron chi connectivity index (χ0n) is 20.0. The molecule has 1 fully saturated rings. The Morgan fingerprint density at radius 1 is 1.11 bits per heavy atom. The number of hydrazine groups is 1. The fourth-order valence-corrected chi connectivity index (χ4v) is 4.06. The summed E-state index contributed by atoms with van der Waals surface area (Å²) < 4.78 is 46.2. The van der Waals surface area contributed by atoms with Crippen molar-refractivity contribution in [3.63, 3.8) is 0 Å². The maximum Gasteiger partial charge on any atom is 0.573 e. The average Bonchev–Trinajstić information content (AvgIpc) is 3.50. The summed E-state index contributed by atoms with van der Waals surface area (Å²) in [4.78, 5) is 24.8. The third kappa shape index (κ3) is 5.52. The van der Waals surface area contributed by atoms with E-state index in [4.69, 9.17) is 0 Å². The number of nitrogens with zero attached hydrogens (tertiary/aromatic N) is 4. The predicted molar refractivity (Wildman–Crippen MR) is 130 cm³/mol. The van der Waals surface area contributed by atoms with Crippen LogP contribution >= 0.6 is 0 Å². The molecule has 10 nitrogen and oxygen atoms in total. The molecule has 0 spiro atoms. The summed E-state index contributed by atoms with van der Waals surface area (Å²) in [6.07, 6.45) is -2.51. The Balaban J connectivity index is 1.48. The zero-order chi connectivity index (χ0) is 26.9. The number of hydrogen-bond acceptors (Lipinski definition) is 6. The van der Waals surface area contributed by atoms with E-state index in [1.165, 1.54) is 22.9 Å². The van der Waals surface area contributed by atoms with Gasteiger partial charge in [0.15, 0.2) is 0 Å². The van der Waals surface area contributed by atoms with Gasteiger partial charge >= 0.3 is 6.36 Å². The minimum absolute atomic E-state index is 0.00924. The van der Waals surface area contributed by atoms with Crippen molar-refractivity contribution >= 4 is 17.6 Å². The lowest BCUT2D eigenvalue weighted by atomic mass is 10.1. The van der Waals surface area contributed by atoms with Gasteiger partial charge in [-0.15, -0.1) is 13.2 Å². The lowest BCUT2D eigenvalue weighted by Crippen LogP contribution is -2.44. The molecule has 0 saturated carbocycles. The molecule has 2 aromatic carbocycles. The molecule has 38 heavy (non-hydrogen) atoms. The van der Waals surface area contributed by atoms with E-state index in [-0.39, 0.29) is 28.8 Å². The second-order valence-corrected chi connectivity index (χ2v) is 8.57. The lowest BCUT2D eigenvalue weighted by Gasteiger charge is -2.21. The zero-order valence-corrected chi connectivity index (χ0v) is 20.0. The van der Waals surface area contributed by atoms with Gasteiger partial charge in [0.2, 0.25) is 5.91 Å². The number of aryl methyl sites for hydroxylation is 1. The molecule has 0 radical (unpaired) electrons. The first-order valence-electron chi connectivity index (χ1n) is 11.6. The number of halogens is 3. The van der Waals surface area contributed by atoms with Gasteiger partial charge < -0.3 is 10.1 Å². The Labute approximate surface area is 214 Å². The van der Waals surface area contributed by atoms with E-state index in [0.29, 0.717) is 30.0 Å². The molecule has 0 bridgehead atoms. The first-order valence-corrected chi connectivity index (χ1v) is 11.6. The van der Waals surface area contributed by atoms with Crippen LogP contribution in [0.15, 0.2) is 66.9 Å². The summed E-state index contributed by atoms with van der Waals surface area (Å²) >= 11 is 0. The Hall–Kier alpha value is -4.65. The summed E-state index contributed by atoms with van der Waals surface area (Å²) in [5.41, 5.74) is 7.07. The quantitative estimate of drug-likeness (QED) is 0.352. The van der Waals surface area contributed by atoms with E-state index < -0.39 is 18.0 Å². The third-order valence-electron chi connectivity index (χ3n) is 5.83. The smallest absolute Gasteiger partial charge is 0.405 e. The number of aromatic nitrogens is 4. The summed E-state index contributed by atoms with van der Waals surface area (Å²) in [7, 11) is 1.62. The normalized spacial score (nSPS) is 15.7. The second-order valence-electron chi connectivity index (χ2n) is 8.57. The van der Waals surface area contributed by atoms with Gasteiger partial charge in [-0.25, -0.2) is 10.1 Å². The van der Waals surface area contributed by atoms with Crippen LogP contribution in [0.5, 0.6) is 5.75 Å². The molecular weight excluding hydrogens is 503 g/mol. The van der Waals surface area contributed by atoms with E-state index in [0.717, 1.165) is 6.07 Å². The third-order valence-corrected chi connectivity index (χ3v) is 5.83. The first kappa shape index (κ1) is 25.0. The molecule has 5 rings (SSSR count). The number of anilines is 1. The van der Waals surface area contributed by atoms with Crippen molar-refractivity contribution in [1.82, 2.24) is 30.4 Å². The number of amides is 2. The van der Waals surface area contributed by atoms with E-state index in [1.54, 1.807) is 24.0 Å². The molecule has 4 aromatic rings. The number of benzene rings is 2. The van der Waals surface area contributed by atoms with Gasteiger partial charge in [0.1, 0.15) is 11.6 Å². The fraction of sp³-hybridized carbons (Fsp3) is 0.200. The number of hydrogen-bond donors (Lipinski definition) is 3. The minimum Gasteiger partial charge on any atom is -0.405 e. The number of ether oxygens (including phenoxy) is 1. The number of para-hydroxylation sites is 1. The summed E-state index contributed by atoms with van der Waals surface area (Å²) in [5.74, 6) is -0.840. The molecule has 1 saturated heterocycles. The molecule has 1 atom stereocenters. The van der Waals surface area contributed by atoms with Crippen LogP contribution in [0.3, 0.4) is 0 Å². The molecule has 3 heterocycles. The van der Waals surface area contributed by atoms with Gasteiger partial charge in [0, 0.05) is 36.9 Å². The van der Waals surface area contributed by atoms with E-state index in [1.807, 2.05) is 30.3 Å². The number of alkyl halides is 3. The number of nitrogens with one attached hydrogen (secondary N) is 3. The fourth-order valence-electron chi connectivity index (χ4n) is 4.06. The summed E-state index contributed by atoms with van der Waals surface area (Å²) in [5, 5.41) is 11.6. The van der Waals surface area contributed by atoms with Crippen LogP contribution in [0, 0.1) is 0 Å². The molecule has 1 aliphatic heterocycles. The van der Waals surface area contributed by atoms with Crippen LogP contribution < -0.4 is 20.9 Å². The molecule has 1 unspecified atom stereocenters. The molecule has 0 aliphatic carbocycles. The SMILES string of the molecule is Cn1ccc(-c2cc(C(=O)Nc3cc(C4CCC(=O)NN4)nn3-c3ccccc3)ccc2OC(F)(F)F)n1. The van der Waals surface area contributed by atoms with Crippen molar-refractivity contribution < 1.29 is 27.5 Å². The molecule has 13 heteroatoms. The van der Waals surface area contributed by atoms with Crippen molar-refractivity contribution in [3.05, 3.63) is 78.1 Å². The van der Waals surface area contributed by atoms with Gasteiger partial charge in [-0.2, -0.15) is 10.2 Å². The highest BCUT2D eigenvalue weighted by atomic mass is 19.4. The van der Waals surface area contributed by atoms with Crippen LogP contribution in [-0.4, -0.2) is 37.7 Å². The predicted octanol–water partition coefficient (Wildman–Crippen LogP) is 3.88. The molecule has 1 aliphatic rings. The van der Waals surface area contributed by atoms with Crippen LogP contribution in [0.25, 0.3) is 16.9 Å². The molecule has 2 aromatic heterocycles. The number of carbonyl (C=O) groups excluding carboxylic acids is 2. The summed E-state index contributed by atoms with van der Waals surface area (Å²) in [6, 6.07) is 15.6. The average molecular weight is 525 g/mol. The van der Waals surface area contributed by atoms with Gasteiger partial charge in [-0.05, 0) is 42.8 Å². The standard InChI is InChI=1S/C25H22F3N7O3/c1-34-12-11-18(32-34)17-13-15(7-9-21(17)38-25(26,27)28)24(37)29-22-14-20(19-8-10-23(36)31-30-19)33-35(22)16-5-3-2-4-6-16/h2-7,9,11-14,19,30H,8,10H2,1H3,(H,29,37)(H,31,36). The lowest BCUT2D eigenvalue weighted by molar-refractivity contribution is -0.274. The van der Waals surface area contributed by atoms with E-state index in [2.05, 4.69) is 31.1 Å². The number of rotatable bonds is 6. The first-order chi connectivity index (χ1) is 18.2. The second kappa shape index (κ2) is 10.0. The largest absolute Gasteiger partial charge is 0.573 e. The monoisotopic (exact) mass is 525 g/mol. The van der Waals surface area contributed by atoms with Crippen LogP contribution in [0.4, 0.5) is 19.0 Å². The van der Waals surface area contributed by atoms with E-state index in [9.17, 15) is 22.8 Å². The van der Waals surface area contributed by atoms with Crippen LogP contribution in [-0.2, 0) is 11.8 Å². The topological polar surface area (TPSA) is 115 Å². The Bertz CT molecular complexity index is 1470. The number of carbonyl (C=O) groups is 2. The maximum atomic E-state index is 13.3. The highest BCUT2D eigenvalue weighted by molar-refractivity contribution is 6.05. The summed E-state index contributed by atoms with van der Waals surface area (Å²) in [6.45, 7) is 0. The molecule has 3 N–H and O–H groups in total. The Morgan fingerprint density at radius 3 is 2.55 bits per heavy atom. The molecule has 196 valence electrons. The highest BCUT2D eigenvalue weighted by Crippen LogP contribution is 2.34.